The lowest BCUT2D eigenvalue weighted by atomic mass is 10.0. The van der Waals surface area contributed by atoms with Gasteiger partial charge in [0.25, 0.3) is 0 Å². The van der Waals surface area contributed by atoms with Gasteiger partial charge in [-0.3, -0.25) is 9.32 Å². The molecule has 0 aromatic heterocycles. The van der Waals surface area contributed by atoms with E-state index in [1.165, 1.54) is 116 Å². The second kappa shape index (κ2) is 28.6. The molecule has 0 aliphatic carbocycles. The minimum atomic E-state index is -4.67. The minimum Gasteiger partial charge on any atom is -0.391 e. The van der Waals surface area contributed by atoms with Crippen molar-refractivity contribution in [2.75, 3.05) is 6.61 Å². The van der Waals surface area contributed by atoms with Gasteiger partial charge in [-0.25, -0.2) is 4.57 Å². The third-order valence-corrected chi connectivity index (χ3v) is 8.33. The highest BCUT2D eigenvalue weighted by atomic mass is 31.2. The topological polar surface area (TPSA) is 116 Å². The molecular weight excluding hydrogens is 525 g/mol. The molecule has 0 saturated carbocycles. The second-order valence-corrected chi connectivity index (χ2v) is 13.1. The highest BCUT2D eigenvalue weighted by Crippen LogP contribution is 2.36. The van der Waals surface area contributed by atoms with E-state index in [4.69, 9.17) is 9.79 Å². The molecule has 0 heterocycles. The number of hydrogen-bond donors (Lipinski definition) is 4. The van der Waals surface area contributed by atoms with E-state index in [1.807, 2.05) is 0 Å². The van der Waals surface area contributed by atoms with Gasteiger partial charge in [-0.1, -0.05) is 162 Å². The van der Waals surface area contributed by atoms with Crippen LogP contribution in [0.25, 0.3) is 0 Å². The van der Waals surface area contributed by atoms with Crippen LogP contribution >= 0.6 is 7.82 Å². The highest BCUT2D eigenvalue weighted by Gasteiger charge is 2.25. The lowest BCUT2D eigenvalue weighted by Crippen LogP contribution is -2.46. The Morgan fingerprint density at radius 1 is 0.625 bits per heavy atom. The van der Waals surface area contributed by atoms with E-state index in [2.05, 4.69) is 23.7 Å². The van der Waals surface area contributed by atoms with Crippen molar-refractivity contribution in [2.45, 2.75) is 193 Å². The fourth-order valence-corrected chi connectivity index (χ4v) is 5.58. The first kappa shape index (κ1) is 39.5. The molecule has 0 bridgehead atoms. The molecule has 7 nitrogen and oxygen atoms in total. The fraction of sp³-hybridized carbons (Fsp3) is 0.969. The largest absolute Gasteiger partial charge is 0.469 e. The third kappa shape index (κ3) is 29.0. The third-order valence-electron chi connectivity index (χ3n) is 7.84. The maximum Gasteiger partial charge on any atom is 0.469 e. The molecule has 0 rings (SSSR count). The summed E-state index contributed by atoms with van der Waals surface area (Å²) in [6.07, 6.45) is 29.4. The Bertz CT molecular complexity index is 600. The molecule has 2 atom stereocenters. The monoisotopic (exact) mass is 591 g/mol. The first-order valence-electron chi connectivity index (χ1n) is 17.0. The summed E-state index contributed by atoms with van der Waals surface area (Å²) in [6, 6.07) is -0.814. The number of aliphatic hydroxyl groups is 1. The Labute approximate surface area is 247 Å². The van der Waals surface area contributed by atoms with E-state index in [1.54, 1.807) is 0 Å². The first-order valence-corrected chi connectivity index (χ1v) is 18.5. The lowest BCUT2D eigenvalue weighted by Gasteiger charge is -2.24. The van der Waals surface area contributed by atoms with Crippen LogP contribution in [-0.4, -0.2) is 39.6 Å². The summed E-state index contributed by atoms with van der Waals surface area (Å²) in [4.78, 5) is 30.6. The smallest absolute Gasteiger partial charge is 0.391 e. The van der Waals surface area contributed by atoms with Crippen LogP contribution in [0, 0.1) is 0 Å². The predicted molar refractivity (Wildman–Crippen MR) is 167 cm³/mol. The zero-order valence-corrected chi connectivity index (χ0v) is 27.2. The number of unbranched alkanes of at least 4 members (excludes halogenated alkanes) is 22. The molecule has 8 heteroatoms. The van der Waals surface area contributed by atoms with Gasteiger partial charge >= 0.3 is 7.82 Å². The van der Waals surface area contributed by atoms with Gasteiger partial charge in [0.15, 0.2) is 0 Å². The van der Waals surface area contributed by atoms with Crippen LogP contribution in [-0.2, 0) is 13.9 Å². The molecule has 0 aliphatic heterocycles. The number of phosphoric acid groups is 1. The molecule has 1 amide bonds. The van der Waals surface area contributed by atoms with Crippen LogP contribution < -0.4 is 5.32 Å². The highest BCUT2D eigenvalue weighted by molar-refractivity contribution is 7.46. The van der Waals surface area contributed by atoms with Crippen LogP contribution in [0.4, 0.5) is 0 Å². The van der Waals surface area contributed by atoms with Gasteiger partial charge in [0.1, 0.15) is 0 Å². The van der Waals surface area contributed by atoms with E-state index >= 15 is 0 Å². The van der Waals surface area contributed by atoms with Crippen molar-refractivity contribution in [1.82, 2.24) is 5.32 Å². The van der Waals surface area contributed by atoms with Crippen molar-refractivity contribution in [3.8, 4) is 0 Å². The Kier molecular flexibility index (Phi) is 28.3. The first-order chi connectivity index (χ1) is 19.3. The normalized spacial score (nSPS) is 13.4. The van der Waals surface area contributed by atoms with E-state index in [0.717, 1.165) is 38.5 Å². The molecule has 4 N–H and O–H groups in total. The number of amides is 1. The van der Waals surface area contributed by atoms with Crippen LogP contribution in [0.5, 0.6) is 0 Å². The van der Waals surface area contributed by atoms with Gasteiger partial charge in [0.05, 0.1) is 18.8 Å². The maximum absolute atomic E-state index is 12.5. The molecule has 0 radical (unpaired) electrons. The lowest BCUT2D eigenvalue weighted by molar-refractivity contribution is -0.123. The Morgan fingerprint density at radius 2 is 0.975 bits per heavy atom. The van der Waals surface area contributed by atoms with Gasteiger partial charge in [0, 0.05) is 6.42 Å². The van der Waals surface area contributed by atoms with Crippen molar-refractivity contribution >= 4 is 13.7 Å². The summed E-state index contributed by atoms with van der Waals surface area (Å²) >= 11 is 0. The van der Waals surface area contributed by atoms with Gasteiger partial charge in [-0.2, -0.15) is 0 Å². The quantitative estimate of drug-likeness (QED) is 0.0472. The van der Waals surface area contributed by atoms with Crippen LogP contribution in [0.2, 0.25) is 0 Å². The molecular formula is C32H66NO6P. The van der Waals surface area contributed by atoms with E-state index in [-0.39, 0.29) is 5.91 Å². The molecule has 0 aliphatic rings. The summed E-state index contributed by atoms with van der Waals surface area (Å²) < 4.78 is 15.8. The molecule has 0 fully saturated rings. The van der Waals surface area contributed by atoms with Crippen molar-refractivity contribution in [1.29, 1.82) is 0 Å². The van der Waals surface area contributed by atoms with Crippen LogP contribution in [0.1, 0.15) is 181 Å². The standard InChI is InChI=1S/C32H66NO6P/c1-3-5-7-9-11-13-14-15-16-17-18-20-22-24-26-28-32(35)33-30(29-39-40(36,37)38)31(34)27-25-23-21-19-12-10-8-6-4-2/h30-31,34H,3-29H2,1-2H3,(H,33,35)(H2,36,37,38)/t30-,31+/m0/s1. The van der Waals surface area contributed by atoms with Gasteiger partial charge in [-0.05, 0) is 12.8 Å². The van der Waals surface area contributed by atoms with Crippen molar-refractivity contribution in [3.63, 3.8) is 0 Å². The van der Waals surface area contributed by atoms with Crippen molar-refractivity contribution in [2.24, 2.45) is 0 Å². The predicted octanol–water partition coefficient (Wildman–Crippen LogP) is 9.12. The van der Waals surface area contributed by atoms with Gasteiger partial charge in [-0.15, -0.1) is 0 Å². The van der Waals surface area contributed by atoms with Gasteiger partial charge < -0.3 is 20.2 Å². The molecule has 40 heavy (non-hydrogen) atoms. The van der Waals surface area contributed by atoms with Crippen molar-refractivity contribution in [3.05, 3.63) is 0 Å². The molecule has 0 saturated heterocycles. The van der Waals surface area contributed by atoms with Crippen LogP contribution in [0.15, 0.2) is 0 Å². The number of rotatable bonds is 31. The number of phosphoric ester groups is 1. The van der Waals surface area contributed by atoms with E-state index in [9.17, 15) is 14.5 Å². The van der Waals surface area contributed by atoms with Gasteiger partial charge in [0.2, 0.25) is 5.91 Å². The number of aliphatic hydroxyl groups excluding tert-OH is 1. The van der Waals surface area contributed by atoms with Crippen molar-refractivity contribution < 1.29 is 28.8 Å². The zero-order valence-electron chi connectivity index (χ0n) is 26.3. The maximum atomic E-state index is 12.5. The zero-order chi connectivity index (χ0) is 29.7. The average Bonchev–Trinajstić information content (AvgIpc) is 2.91. The summed E-state index contributed by atoms with van der Waals surface area (Å²) in [5.41, 5.74) is 0. The molecule has 0 aromatic rings. The SMILES string of the molecule is CCCCCCCCCCCCCCCCCC(=O)N[C@@H](COP(=O)(O)O)[C@H](O)CCCCCCCCCCC. The second-order valence-electron chi connectivity index (χ2n) is 11.8. The Morgan fingerprint density at radius 3 is 1.35 bits per heavy atom. The number of nitrogens with one attached hydrogen (secondary N) is 1. The van der Waals surface area contributed by atoms with E-state index in [0.29, 0.717) is 12.8 Å². The Balaban J connectivity index is 3.96. The minimum absolute atomic E-state index is 0.194. The molecule has 0 unspecified atom stereocenters. The summed E-state index contributed by atoms with van der Waals surface area (Å²) in [7, 11) is -4.67. The number of hydrogen-bond acceptors (Lipinski definition) is 4. The molecule has 0 spiro atoms. The number of carbonyl (C=O) groups excluding carboxylic acids is 1. The summed E-state index contributed by atoms with van der Waals surface area (Å²) in [5.74, 6) is -0.194. The summed E-state index contributed by atoms with van der Waals surface area (Å²) in [5, 5.41) is 13.4. The average molecular weight is 592 g/mol. The molecule has 240 valence electrons. The number of carbonyl (C=O) groups is 1. The van der Waals surface area contributed by atoms with Crippen LogP contribution in [0.3, 0.4) is 0 Å². The summed E-state index contributed by atoms with van der Waals surface area (Å²) in [6.45, 7) is 4.08. The van der Waals surface area contributed by atoms with E-state index < -0.39 is 26.6 Å². The Hall–Kier alpha value is -0.460. The molecule has 0 aromatic carbocycles. The fourth-order valence-electron chi connectivity index (χ4n) is 5.23.